The Kier molecular flexibility index (Phi) is 4.56. The number of carbonyl (C=O) groups is 2. The third-order valence-corrected chi connectivity index (χ3v) is 3.69. The third kappa shape index (κ3) is 2.93. The highest BCUT2D eigenvalue weighted by Crippen LogP contribution is 2.21. The van der Waals surface area contributed by atoms with E-state index in [1.165, 1.54) is 4.90 Å². The van der Waals surface area contributed by atoms with Crippen LogP contribution in [0.15, 0.2) is 0 Å². The van der Waals surface area contributed by atoms with Gasteiger partial charge in [-0.1, -0.05) is 13.8 Å². The second kappa shape index (κ2) is 5.56. The Morgan fingerprint density at radius 1 is 1.33 bits per heavy atom. The normalized spacial score (nSPS) is 25.3. The van der Waals surface area contributed by atoms with Gasteiger partial charge in [-0.2, -0.15) is 0 Å². The van der Waals surface area contributed by atoms with Gasteiger partial charge >= 0.3 is 12.0 Å². The summed E-state index contributed by atoms with van der Waals surface area (Å²) in [6.07, 6.45) is -0.650. The molecule has 0 aromatic rings. The topological polar surface area (TPSA) is 81.1 Å². The summed E-state index contributed by atoms with van der Waals surface area (Å²) in [4.78, 5) is 26.1. The number of aliphatic carboxylic acids is 1. The summed E-state index contributed by atoms with van der Waals surface area (Å²) in [6, 6.07) is -1.24. The average Bonchev–Trinajstić information content (AvgIpc) is 2.68. The van der Waals surface area contributed by atoms with Crippen LogP contribution in [0.1, 0.15) is 27.2 Å². The molecule has 18 heavy (non-hydrogen) atoms. The first kappa shape index (κ1) is 14.8. The third-order valence-electron chi connectivity index (χ3n) is 3.69. The second-order valence-corrected chi connectivity index (χ2v) is 5.27. The molecule has 1 heterocycles. The van der Waals surface area contributed by atoms with Crippen LogP contribution in [0.25, 0.3) is 0 Å². The lowest BCUT2D eigenvalue weighted by molar-refractivity contribution is -0.141. The number of nitrogens with zero attached hydrogens (tertiary/aromatic N) is 2. The zero-order valence-corrected chi connectivity index (χ0v) is 11.3. The lowest BCUT2D eigenvalue weighted by Gasteiger charge is -2.33. The number of hydrogen-bond acceptors (Lipinski definition) is 3. The van der Waals surface area contributed by atoms with E-state index in [1.807, 2.05) is 20.8 Å². The summed E-state index contributed by atoms with van der Waals surface area (Å²) < 4.78 is 0. The number of β-amino-alcohol motifs (C(OH)–C–C–N with tert-alkyl or cyclic N) is 1. The van der Waals surface area contributed by atoms with E-state index in [1.54, 1.807) is 11.9 Å². The van der Waals surface area contributed by atoms with E-state index in [2.05, 4.69) is 0 Å². The van der Waals surface area contributed by atoms with Gasteiger partial charge < -0.3 is 20.0 Å². The maximum atomic E-state index is 12.2. The minimum absolute atomic E-state index is 0.0182. The van der Waals surface area contributed by atoms with Crippen LogP contribution >= 0.6 is 0 Å². The molecule has 1 aliphatic rings. The number of urea groups is 1. The van der Waals surface area contributed by atoms with Crippen molar-refractivity contribution in [2.24, 2.45) is 5.92 Å². The highest BCUT2D eigenvalue weighted by Gasteiger charge is 2.40. The molecule has 0 radical (unpaired) electrons. The van der Waals surface area contributed by atoms with Crippen molar-refractivity contribution in [1.82, 2.24) is 9.80 Å². The number of carboxylic acid groups (broad SMARTS) is 1. The minimum atomic E-state index is -1.06. The van der Waals surface area contributed by atoms with Crippen molar-refractivity contribution in [1.29, 1.82) is 0 Å². The lowest BCUT2D eigenvalue weighted by Crippen LogP contribution is -2.50. The van der Waals surface area contributed by atoms with Gasteiger partial charge in [-0.05, 0) is 12.8 Å². The Labute approximate surface area is 107 Å². The molecule has 1 rings (SSSR count). The predicted octanol–water partition coefficient (Wildman–Crippen LogP) is 0.603. The van der Waals surface area contributed by atoms with Crippen LogP contribution < -0.4 is 0 Å². The lowest BCUT2D eigenvalue weighted by atomic mass is 10.1. The summed E-state index contributed by atoms with van der Waals surface area (Å²) in [7, 11) is 1.66. The number of carbonyl (C=O) groups excluding carboxylic acids is 1. The molecule has 1 fully saturated rings. The Morgan fingerprint density at radius 2 is 1.89 bits per heavy atom. The maximum absolute atomic E-state index is 12.2. The minimum Gasteiger partial charge on any atom is -0.480 e. The molecule has 104 valence electrons. The van der Waals surface area contributed by atoms with Gasteiger partial charge in [-0.3, -0.25) is 0 Å². The van der Waals surface area contributed by atoms with Gasteiger partial charge in [0.1, 0.15) is 6.04 Å². The van der Waals surface area contributed by atoms with Crippen LogP contribution in [-0.2, 0) is 4.79 Å². The first-order valence-corrected chi connectivity index (χ1v) is 6.20. The summed E-state index contributed by atoms with van der Waals surface area (Å²) in [5, 5.41) is 18.6. The SMILES string of the molecule is CC(C)C(C)N(C)C(=O)N1C[C@@H](O)C[C@H]1C(=O)O. The molecule has 2 N–H and O–H groups in total. The molecule has 2 amide bonds. The van der Waals surface area contributed by atoms with Crippen molar-refractivity contribution in [3.8, 4) is 0 Å². The zero-order chi connectivity index (χ0) is 14.0. The second-order valence-electron chi connectivity index (χ2n) is 5.27. The molecule has 3 atom stereocenters. The molecular weight excluding hydrogens is 236 g/mol. The van der Waals surface area contributed by atoms with Gasteiger partial charge in [0.25, 0.3) is 0 Å². The number of carboxylic acids is 1. The summed E-state index contributed by atoms with van der Waals surface area (Å²) in [5.74, 6) is -0.778. The summed E-state index contributed by atoms with van der Waals surface area (Å²) in [6.45, 7) is 6.01. The van der Waals surface area contributed by atoms with E-state index < -0.39 is 18.1 Å². The number of likely N-dealkylation sites (tertiary alicyclic amines) is 1. The van der Waals surface area contributed by atoms with E-state index >= 15 is 0 Å². The van der Waals surface area contributed by atoms with Gasteiger partial charge in [-0.25, -0.2) is 9.59 Å². The molecule has 1 unspecified atom stereocenters. The van der Waals surface area contributed by atoms with Crippen LogP contribution in [-0.4, -0.2) is 63.8 Å². The van der Waals surface area contributed by atoms with Crippen molar-refractivity contribution < 1.29 is 19.8 Å². The fourth-order valence-corrected chi connectivity index (χ4v) is 2.08. The Hall–Kier alpha value is -1.30. The molecule has 0 spiro atoms. The van der Waals surface area contributed by atoms with Gasteiger partial charge in [0, 0.05) is 26.1 Å². The van der Waals surface area contributed by atoms with E-state index in [0.717, 1.165) is 0 Å². The maximum Gasteiger partial charge on any atom is 0.326 e. The Balaban J connectivity index is 2.79. The number of aliphatic hydroxyl groups excluding tert-OH is 1. The van der Waals surface area contributed by atoms with Gasteiger partial charge in [-0.15, -0.1) is 0 Å². The molecule has 0 saturated carbocycles. The van der Waals surface area contributed by atoms with Crippen molar-refractivity contribution in [2.45, 2.75) is 45.4 Å². The smallest absolute Gasteiger partial charge is 0.326 e. The van der Waals surface area contributed by atoms with Crippen LogP contribution in [0.4, 0.5) is 4.79 Å². The number of amides is 2. The predicted molar refractivity (Wildman–Crippen MR) is 66.2 cm³/mol. The van der Waals surface area contributed by atoms with Crippen LogP contribution in [0.3, 0.4) is 0 Å². The van der Waals surface area contributed by atoms with Gasteiger partial charge in [0.15, 0.2) is 0 Å². The molecule has 0 aromatic heterocycles. The quantitative estimate of drug-likeness (QED) is 0.777. The van der Waals surface area contributed by atoms with Gasteiger partial charge in [0.05, 0.1) is 6.10 Å². The fourth-order valence-electron chi connectivity index (χ4n) is 2.08. The van der Waals surface area contributed by atoms with E-state index in [4.69, 9.17) is 5.11 Å². The zero-order valence-electron chi connectivity index (χ0n) is 11.3. The van der Waals surface area contributed by atoms with E-state index in [0.29, 0.717) is 0 Å². The molecule has 0 aromatic carbocycles. The number of rotatable bonds is 3. The van der Waals surface area contributed by atoms with E-state index in [9.17, 15) is 14.7 Å². The number of hydrogen-bond donors (Lipinski definition) is 2. The van der Waals surface area contributed by atoms with E-state index in [-0.39, 0.29) is 31.0 Å². The average molecular weight is 258 g/mol. The van der Waals surface area contributed by atoms with Crippen LogP contribution in [0, 0.1) is 5.92 Å². The monoisotopic (exact) mass is 258 g/mol. The molecule has 6 nitrogen and oxygen atoms in total. The first-order valence-electron chi connectivity index (χ1n) is 6.20. The molecule has 6 heteroatoms. The fraction of sp³-hybridized carbons (Fsp3) is 0.833. The molecular formula is C12H22N2O4. The Bertz CT molecular complexity index is 332. The molecule has 1 aliphatic heterocycles. The highest BCUT2D eigenvalue weighted by molar-refractivity contribution is 5.83. The first-order chi connectivity index (χ1) is 8.25. The number of aliphatic hydroxyl groups is 1. The van der Waals surface area contributed by atoms with Crippen molar-refractivity contribution in [3.05, 3.63) is 0 Å². The summed E-state index contributed by atoms with van der Waals surface area (Å²) in [5.41, 5.74) is 0. The Morgan fingerprint density at radius 3 is 2.33 bits per heavy atom. The van der Waals surface area contributed by atoms with Crippen molar-refractivity contribution in [3.63, 3.8) is 0 Å². The van der Waals surface area contributed by atoms with Gasteiger partial charge in [0.2, 0.25) is 0 Å². The molecule has 0 bridgehead atoms. The largest absolute Gasteiger partial charge is 0.480 e. The van der Waals surface area contributed by atoms with Crippen LogP contribution in [0.2, 0.25) is 0 Å². The molecule has 1 saturated heterocycles. The molecule has 0 aliphatic carbocycles. The van der Waals surface area contributed by atoms with Crippen LogP contribution in [0.5, 0.6) is 0 Å². The van der Waals surface area contributed by atoms with Crippen molar-refractivity contribution in [2.75, 3.05) is 13.6 Å². The highest BCUT2D eigenvalue weighted by atomic mass is 16.4. The van der Waals surface area contributed by atoms with Crippen molar-refractivity contribution >= 4 is 12.0 Å². The standard InChI is InChI=1S/C12H22N2O4/c1-7(2)8(3)13(4)12(18)14-6-9(15)5-10(14)11(16)17/h7-10,15H,5-6H2,1-4H3,(H,16,17)/t8?,9-,10-/m0/s1. The summed E-state index contributed by atoms with van der Waals surface area (Å²) >= 11 is 0.